The molecule has 0 radical (unpaired) electrons. The molecule has 1 aromatic carbocycles. The molecule has 0 fully saturated rings. The van der Waals surface area contributed by atoms with Gasteiger partial charge in [0.05, 0.1) is 7.11 Å². The second-order valence-corrected chi connectivity index (χ2v) is 3.87. The number of halogens is 4. The van der Waals surface area contributed by atoms with E-state index in [1.807, 2.05) is 0 Å². The zero-order valence-corrected chi connectivity index (χ0v) is 10.4. The summed E-state index contributed by atoms with van der Waals surface area (Å²) in [5.74, 6) is -5.65. The van der Waals surface area contributed by atoms with E-state index in [9.17, 15) is 17.6 Å². The third-order valence-electron chi connectivity index (χ3n) is 2.61. The summed E-state index contributed by atoms with van der Waals surface area (Å²) in [4.78, 5) is 3.89. The predicted octanol–water partition coefficient (Wildman–Crippen LogP) is 3.26. The minimum absolute atomic E-state index is 0.103. The van der Waals surface area contributed by atoms with E-state index in [0.29, 0.717) is 5.56 Å². The number of aromatic nitrogens is 1. The molecule has 1 heterocycles. The monoisotopic (exact) mass is 286 g/mol. The molecule has 1 N–H and O–H groups in total. The van der Waals surface area contributed by atoms with Gasteiger partial charge < -0.3 is 10.1 Å². The molecule has 106 valence electrons. The van der Waals surface area contributed by atoms with Gasteiger partial charge in [-0.05, 0) is 6.07 Å². The first kappa shape index (κ1) is 14.1. The fourth-order valence-electron chi connectivity index (χ4n) is 1.65. The zero-order valence-electron chi connectivity index (χ0n) is 10.4. The Morgan fingerprint density at radius 2 is 1.80 bits per heavy atom. The maximum Gasteiger partial charge on any atom is 0.218 e. The Morgan fingerprint density at radius 1 is 1.15 bits per heavy atom. The molecule has 0 saturated heterocycles. The van der Waals surface area contributed by atoms with Gasteiger partial charge in [-0.3, -0.25) is 0 Å². The third kappa shape index (κ3) is 2.66. The highest BCUT2D eigenvalue weighted by atomic mass is 19.2. The van der Waals surface area contributed by atoms with E-state index in [1.54, 1.807) is 12.1 Å². The predicted molar refractivity (Wildman–Crippen MR) is 64.4 cm³/mol. The van der Waals surface area contributed by atoms with Gasteiger partial charge in [0.1, 0.15) is 5.69 Å². The minimum atomic E-state index is -1.48. The standard InChI is InChI=1S/C13H10F4N2O/c1-20-13-7(3-2-4-18-13)6-19-12-10(16)8(14)5-9(15)11(12)17/h2-5,19H,6H2,1H3. The molecule has 0 amide bonds. The van der Waals surface area contributed by atoms with Gasteiger partial charge in [-0.2, -0.15) is 0 Å². The number of anilines is 1. The Kier molecular flexibility index (Phi) is 4.07. The molecular formula is C13H10F4N2O. The molecule has 0 saturated carbocycles. The molecule has 0 spiro atoms. The summed E-state index contributed by atoms with van der Waals surface area (Å²) in [5, 5.41) is 2.30. The van der Waals surface area contributed by atoms with Gasteiger partial charge in [-0.25, -0.2) is 22.5 Å². The van der Waals surface area contributed by atoms with Crippen molar-refractivity contribution >= 4 is 5.69 Å². The first-order valence-electron chi connectivity index (χ1n) is 5.59. The van der Waals surface area contributed by atoms with Crippen molar-refractivity contribution < 1.29 is 22.3 Å². The topological polar surface area (TPSA) is 34.1 Å². The van der Waals surface area contributed by atoms with Gasteiger partial charge >= 0.3 is 0 Å². The summed E-state index contributed by atoms with van der Waals surface area (Å²) >= 11 is 0. The molecule has 7 heteroatoms. The minimum Gasteiger partial charge on any atom is -0.481 e. The molecule has 0 aliphatic carbocycles. The number of ether oxygens (including phenoxy) is 1. The van der Waals surface area contributed by atoms with E-state index in [2.05, 4.69) is 10.3 Å². The quantitative estimate of drug-likeness (QED) is 0.692. The molecule has 2 aromatic rings. The van der Waals surface area contributed by atoms with Crippen LogP contribution in [-0.4, -0.2) is 12.1 Å². The van der Waals surface area contributed by atoms with Gasteiger partial charge in [-0.1, -0.05) is 6.07 Å². The summed E-state index contributed by atoms with van der Waals surface area (Å²) < 4.78 is 57.9. The van der Waals surface area contributed by atoms with Crippen LogP contribution in [0, 0.1) is 23.3 Å². The van der Waals surface area contributed by atoms with Gasteiger partial charge in [0.15, 0.2) is 23.3 Å². The Morgan fingerprint density at radius 3 is 2.40 bits per heavy atom. The fraction of sp³-hybridized carbons (Fsp3) is 0.154. The normalized spacial score (nSPS) is 10.4. The summed E-state index contributed by atoms with van der Waals surface area (Å²) in [7, 11) is 1.38. The van der Waals surface area contributed by atoms with Gasteiger partial charge in [0, 0.05) is 24.4 Å². The Hall–Kier alpha value is -2.31. The Bertz CT molecular complexity index is 608. The maximum atomic E-state index is 13.4. The van der Waals surface area contributed by atoms with Crippen molar-refractivity contribution in [3.8, 4) is 5.88 Å². The number of hydrogen-bond donors (Lipinski definition) is 1. The number of hydrogen-bond acceptors (Lipinski definition) is 3. The first-order valence-corrected chi connectivity index (χ1v) is 5.59. The molecule has 0 unspecified atom stereocenters. The summed E-state index contributed by atoms with van der Waals surface area (Å²) in [5.41, 5.74) is -0.383. The molecule has 0 bridgehead atoms. The molecule has 0 aliphatic rings. The van der Waals surface area contributed by atoms with Crippen LogP contribution in [0.15, 0.2) is 24.4 Å². The largest absolute Gasteiger partial charge is 0.481 e. The molecule has 0 aliphatic heterocycles. The lowest BCUT2D eigenvalue weighted by Gasteiger charge is -2.11. The highest BCUT2D eigenvalue weighted by Crippen LogP contribution is 2.25. The smallest absolute Gasteiger partial charge is 0.218 e. The van der Waals surface area contributed by atoms with Crippen molar-refractivity contribution in [2.75, 3.05) is 12.4 Å². The number of benzene rings is 1. The summed E-state index contributed by atoms with van der Waals surface area (Å²) in [6.45, 7) is -0.103. The molecule has 0 atom stereocenters. The van der Waals surface area contributed by atoms with E-state index in [4.69, 9.17) is 4.74 Å². The van der Waals surface area contributed by atoms with E-state index in [-0.39, 0.29) is 18.5 Å². The van der Waals surface area contributed by atoms with E-state index in [1.165, 1.54) is 13.3 Å². The molecule has 1 aromatic heterocycles. The second kappa shape index (κ2) is 5.77. The van der Waals surface area contributed by atoms with Crippen LogP contribution in [-0.2, 0) is 6.54 Å². The average Bonchev–Trinajstić information content (AvgIpc) is 2.45. The van der Waals surface area contributed by atoms with Crippen LogP contribution in [0.2, 0.25) is 0 Å². The second-order valence-electron chi connectivity index (χ2n) is 3.87. The van der Waals surface area contributed by atoms with E-state index < -0.39 is 29.0 Å². The fourth-order valence-corrected chi connectivity index (χ4v) is 1.65. The van der Waals surface area contributed by atoms with Crippen LogP contribution in [0.4, 0.5) is 23.2 Å². The molecular weight excluding hydrogens is 276 g/mol. The molecule has 3 nitrogen and oxygen atoms in total. The number of rotatable bonds is 4. The van der Waals surface area contributed by atoms with Crippen LogP contribution in [0.5, 0.6) is 5.88 Å². The van der Waals surface area contributed by atoms with Crippen LogP contribution in [0.1, 0.15) is 5.56 Å². The van der Waals surface area contributed by atoms with E-state index >= 15 is 0 Å². The highest BCUT2D eigenvalue weighted by Gasteiger charge is 2.19. The van der Waals surface area contributed by atoms with Crippen molar-refractivity contribution in [1.29, 1.82) is 0 Å². The number of methoxy groups -OCH3 is 1. The lowest BCUT2D eigenvalue weighted by atomic mass is 10.2. The Balaban J connectivity index is 2.27. The first-order chi connectivity index (χ1) is 9.54. The van der Waals surface area contributed by atoms with E-state index in [0.717, 1.165) is 0 Å². The van der Waals surface area contributed by atoms with Crippen molar-refractivity contribution in [1.82, 2.24) is 4.98 Å². The van der Waals surface area contributed by atoms with Gasteiger partial charge in [-0.15, -0.1) is 0 Å². The van der Waals surface area contributed by atoms with Gasteiger partial charge in [0.2, 0.25) is 5.88 Å². The van der Waals surface area contributed by atoms with Crippen molar-refractivity contribution in [3.05, 3.63) is 53.2 Å². The van der Waals surface area contributed by atoms with Crippen molar-refractivity contribution in [2.24, 2.45) is 0 Å². The van der Waals surface area contributed by atoms with Crippen molar-refractivity contribution in [3.63, 3.8) is 0 Å². The SMILES string of the molecule is COc1ncccc1CNc1c(F)c(F)cc(F)c1F. The van der Waals surface area contributed by atoms with Crippen molar-refractivity contribution in [2.45, 2.75) is 6.54 Å². The lowest BCUT2D eigenvalue weighted by molar-refractivity contribution is 0.393. The van der Waals surface area contributed by atoms with Crippen LogP contribution >= 0.6 is 0 Å². The highest BCUT2D eigenvalue weighted by molar-refractivity contribution is 5.48. The van der Waals surface area contributed by atoms with Crippen LogP contribution in [0.3, 0.4) is 0 Å². The number of nitrogens with zero attached hydrogens (tertiary/aromatic N) is 1. The maximum absolute atomic E-state index is 13.4. The zero-order chi connectivity index (χ0) is 14.7. The summed E-state index contributed by atoms with van der Waals surface area (Å²) in [6, 6.07) is 3.35. The van der Waals surface area contributed by atoms with Gasteiger partial charge in [0.25, 0.3) is 0 Å². The number of nitrogens with one attached hydrogen (secondary N) is 1. The molecule has 2 rings (SSSR count). The Labute approximate surface area is 112 Å². The average molecular weight is 286 g/mol. The van der Waals surface area contributed by atoms with Crippen LogP contribution < -0.4 is 10.1 Å². The van der Waals surface area contributed by atoms with Crippen LogP contribution in [0.25, 0.3) is 0 Å². The number of pyridine rings is 1. The molecule has 20 heavy (non-hydrogen) atoms. The summed E-state index contributed by atoms with van der Waals surface area (Å²) in [6.07, 6.45) is 1.48. The third-order valence-corrected chi connectivity index (χ3v) is 2.61. The lowest BCUT2D eigenvalue weighted by Crippen LogP contribution is -2.08.